The van der Waals surface area contributed by atoms with Gasteiger partial charge in [-0.3, -0.25) is 9.59 Å². The van der Waals surface area contributed by atoms with Gasteiger partial charge in [0.1, 0.15) is 35.1 Å². The number of nitrogens with one attached hydrogen (secondary N) is 2. The zero-order valence-electron chi connectivity index (χ0n) is 21.1. The molecule has 4 aromatic rings. The van der Waals surface area contributed by atoms with E-state index in [-0.39, 0.29) is 18.7 Å². The van der Waals surface area contributed by atoms with Crippen LogP contribution in [0.3, 0.4) is 0 Å². The Hall–Kier alpha value is -5.24. The summed E-state index contributed by atoms with van der Waals surface area (Å²) in [7, 11) is 0. The molecule has 192 valence electrons. The van der Waals surface area contributed by atoms with Crippen LogP contribution in [0.2, 0.25) is 0 Å². The summed E-state index contributed by atoms with van der Waals surface area (Å²) in [6.45, 7) is 5.87. The number of pyridine rings is 1. The van der Waals surface area contributed by atoms with E-state index < -0.39 is 11.8 Å². The molecule has 4 rings (SSSR count). The third kappa shape index (κ3) is 6.30. The number of nitrogens with two attached hydrogens (primary N) is 1. The van der Waals surface area contributed by atoms with E-state index >= 15 is 0 Å². The number of primary amides is 1. The molecule has 0 radical (unpaired) electrons. The Morgan fingerprint density at radius 2 is 1.82 bits per heavy atom. The molecule has 0 spiro atoms. The summed E-state index contributed by atoms with van der Waals surface area (Å²) in [5.74, 6) is 0.438. The third-order valence-corrected chi connectivity index (χ3v) is 5.55. The molecule has 2 aromatic carbocycles. The van der Waals surface area contributed by atoms with Crippen molar-refractivity contribution >= 4 is 23.3 Å². The molecular formula is C27H26N8O3. The van der Waals surface area contributed by atoms with E-state index in [1.54, 1.807) is 30.3 Å². The van der Waals surface area contributed by atoms with Gasteiger partial charge in [-0.05, 0) is 56.2 Å². The van der Waals surface area contributed by atoms with Crippen LogP contribution in [0.25, 0.3) is 0 Å². The minimum absolute atomic E-state index is 0.0743. The topological polar surface area (TPSA) is 161 Å². The van der Waals surface area contributed by atoms with E-state index in [9.17, 15) is 9.59 Å². The van der Waals surface area contributed by atoms with E-state index in [4.69, 9.17) is 15.7 Å². The number of rotatable bonds is 9. The van der Waals surface area contributed by atoms with Crippen molar-refractivity contribution in [2.24, 2.45) is 5.73 Å². The van der Waals surface area contributed by atoms with Crippen molar-refractivity contribution in [2.75, 3.05) is 5.32 Å². The fourth-order valence-electron chi connectivity index (χ4n) is 3.90. The van der Waals surface area contributed by atoms with Gasteiger partial charge in [0.15, 0.2) is 0 Å². The summed E-state index contributed by atoms with van der Waals surface area (Å²) in [5, 5.41) is 22.7. The number of benzene rings is 2. The Morgan fingerprint density at radius 3 is 2.47 bits per heavy atom. The second kappa shape index (κ2) is 11.2. The van der Waals surface area contributed by atoms with E-state index in [1.165, 1.54) is 17.1 Å². The van der Waals surface area contributed by atoms with Gasteiger partial charge in [-0.1, -0.05) is 22.9 Å². The molecule has 0 aliphatic heterocycles. The van der Waals surface area contributed by atoms with E-state index in [1.807, 2.05) is 32.9 Å². The summed E-state index contributed by atoms with van der Waals surface area (Å²) >= 11 is 0. The maximum absolute atomic E-state index is 13.2. The predicted molar refractivity (Wildman–Crippen MR) is 140 cm³/mol. The normalized spacial score (nSPS) is 10.5. The van der Waals surface area contributed by atoms with Crippen LogP contribution in [-0.2, 0) is 17.9 Å². The van der Waals surface area contributed by atoms with Gasteiger partial charge in [-0.25, -0.2) is 9.67 Å². The van der Waals surface area contributed by atoms with E-state index in [2.05, 4.69) is 32.0 Å². The van der Waals surface area contributed by atoms with Gasteiger partial charge in [0, 0.05) is 18.0 Å². The van der Waals surface area contributed by atoms with Crippen LogP contribution < -0.4 is 21.1 Å². The number of amides is 2. The van der Waals surface area contributed by atoms with Gasteiger partial charge in [0.25, 0.3) is 5.91 Å². The van der Waals surface area contributed by atoms with Crippen molar-refractivity contribution < 1.29 is 14.3 Å². The van der Waals surface area contributed by atoms with Crippen molar-refractivity contribution in [1.29, 1.82) is 5.26 Å². The van der Waals surface area contributed by atoms with Crippen molar-refractivity contribution in [1.82, 2.24) is 25.3 Å². The second-order valence-corrected chi connectivity index (χ2v) is 8.77. The molecule has 2 aromatic heterocycles. The fraction of sp³-hybridized carbons (Fsp3) is 0.185. The monoisotopic (exact) mass is 510 g/mol. The summed E-state index contributed by atoms with van der Waals surface area (Å²) in [6.07, 6.45) is 2.96. The first-order valence-electron chi connectivity index (χ1n) is 11.7. The number of anilines is 2. The lowest BCUT2D eigenvalue weighted by Gasteiger charge is -2.16. The quantitative estimate of drug-likeness (QED) is 0.309. The molecule has 0 aliphatic rings. The number of hydrogen-bond donors (Lipinski definition) is 3. The minimum Gasteiger partial charge on any atom is -0.456 e. The van der Waals surface area contributed by atoms with Crippen LogP contribution >= 0.6 is 0 Å². The molecule has 4 N–H and O–H groups in total. The largest absolute Gasteiger partial charge is 0.456 e. The molecule has 0 saturated carbocycles. The zero-order valence-corrected chi connectivity index (χ0v) is 21.1. The lowest BCUT2D eigenvalue weighted by molar-refractivity contribution is -0.118. The highest BCUT2D eigenvalue weighted by molar-refractivity contribution is 5.97. The highest BCUT2D eigenvalue weighted by atomic mass is 16.5. The first-order valence-corrected chi connectivity index (χ1v) is 11.7. The number of carbonyl (C=O) groups excluding carboxylic acids is 2. The maximum Gasteiger partial charge on any atom is 0.256 e. The molecule has 11 nitrogen and oxygen atoms in total. The zero-order chi connectivity index (χ0) is 27.2. The molecule has 0 unspecified atom stereocenters. The standard InChI is InChI=1S/C27H26N8O3/c1-16-8-17(2)26(18(3)9-16)38-23-10-25(32-20-6-4-19(11-28)5-7-20)30-13-22(23)27(37)31-12-21-14-35(34-33-21)15-24(29)36/h4-10,13-14H,12,15H2,1-3H3,(H2,29,36)(H,30,32)(H,31,37). The smallest absolute Gasteiger partial charge is 0.256 e. The first kappa shape index (κ1) is 25.8. The Bertz CT molecular complexity index is 1510. The number of aryl methyl sites for hydroxylation is 3. The van der Waals surface area contributed by atoms with Crippen molar-refractivity contribution in [2.45, 2.75) is 33.9 Å². The van der Waals surface area contributed by atoms with Gasteiger partial charge >= 0.3 is 0 Å². The van der Waals surface area contributed by atoms with Crippen LogP contribution in [0.4, 0.5) is 11.5 Å². The Morgan fingerprint density at radius 1 is 1.11 bits per heavy atom. The van der Waals surface area contributed by atoms with Gasteiger partial charge in [0.2, 0.25) is 5.91 Å². The molecule has 2 amide bonds. The van der Waals surface area contributed by atoms with E-state index in [0.29, 0.717) is 28.6 Å². The molecule has 38 heavy (non-hydrogen) atoms. The molecular weight excluding hydrogens is 484 g/mol. The van der Waals surface area contributed by atoms with Crippen LogP contribution in [0, 0.1) is 32.1 Å². The molecule has 2 heterocycles. The van der Waals surface area contributed by atoms with Crippen LogP contribution in [0.15, 0.2) is 54.9 Å². The molecule has 0 aliphatic carbocycles. The van der Waals surface area contributed by atoms with Crippen LogP contribution in [0.1, 0.15) is 38.3 Å². The third-order valence-electron chi connectivity index (χ3n) is 5.55. The molecule has 0 saturated heterocycles. The SMILES string of the molecule is Cc1cc(C)c(Oc2cc(Nc3ccc(C#N)cc3)ncc2C(=O)NCc2cn(CC(N)=O)nn2)c(C)c1. The number of aromatic nitrogens is 4. The number of nitriles is 1. The number of ether oxygens (including phenoxy) is 1. The fourth-order valence-corrected chi connectivity index (χ4v) is 3.90. The lowest BCUT2D eigenvalue weighted by atomic mass is 10.1. The Labute approximate surface area is 219 Å². The van der Waals surface area contributed by atoms with Gasteiger partial charge < -0.3 is 21.1 Å². The summed E-state index contributed by atoms with van der Waals surface area (Å²) < 4.78 is 7.59. The summed E-state index contributed by atoms with van der Waals surface area (Å²) in [6, 6.07) is 14.7. The number of hydrogen-bond acceptors (Lipinski definition) is 8. The van der Waals surface area contributed by atoms with Gasteiger partial charge in [-0.2, -0.15) is 5.26 Å². The lowest BCUT2D eigenvalue weighted by Crippen LogP contribution is -2.24. The van der Waals surface area contributed by atoms with Crippen LogP contribution in [-0.4, -0.2) is 31.8 Å². The highest BCUT2D eigenvalue weighted by Gasteiger charge is 2.18. The predicted octanol–water partition coefficient (Wildman–Crippen LogP) is 3.42. The number of carbonyl (C=O) groups is 2. The van der Waals surface area contributed by atoms with Crippen molar-refractivity contribution in [3.05, 3.63) is 88.4 Å². The van der Waals surface area contributed by atoms with E-state index in [0.717, 1.165) is 22.4 Å². The van der Waals surface area contributed by atoms with Crippen LogP contribution in [0.5, 0.6) is 11.5 Å². The molecule has 0 bridgehead atoms. The summed E-state index contributed by atoms with van der Waals surface area (Å²) in [5.41, 5.74) is 10.1. The molecule has 0 atom stereocenters. The first-order chi connectivity index (χ1) is 18.2. The molecule has 0 fully saturated rings. The average Bonchev–Trinajstić information content (AvgIpc) is 3.32. The second-order valence-electron chi connectivity index (χ2n) is 8.77. The number of nitrogens with zero attached hydrogens (tertiary/aromatic N) is 5. The van der Waals surface area contributed by atoms with Gasteiger partial charge in [-0.15, -0.1) is 5.10 Å². The van der Waals surface area contributed by atoms with Gasteiger partial charge in [0.05, 0.1) is 24.4 Å². The minimum atomic E-state index is -0.547. The molecule has 11 heteroatoms. The van der Waals surface area contributed by atoms with Crippen molar-refractivity contribution in [3.8, 4) is 17.6 Å². The average molecular weight is 511 g/mol. The Balaban J connectivity index is 1.60. The highest BCUT2D eigenvalue weighted by Crippen LogP contribution is 2.33. The Kier molecular flexibility index (Phi) is 7.63. The summed E-state index contributed by atoms with van der Waals surface area (Å²) in [4.78, 5) is 28.6. The van der Waals surface area contributed by atoms with Crippen molar-refractivity contribution in [3.63, 3.8) is 0 Å². The maximum atomic E-state index is 13.2.